The molecule has 0 aliphatic heterocycles. The van der Waals surface area contributed by atoms with E-state index in [2.05, 4.69) is 15.5 Å². The van der Waals surface area contributed by atoms with Crippen LogP contribution in [0.25, 0.3) is 0 Å². The molecule has 24 heavy (non-hydrogen) atoms. The molecule has 1 aliphatic rings. The number of nitrogens with one attached hydrogen (secondary N) is 1. The second-order valence-corrected chi connectivity index (χ2v) is 6.48. The molecule has 6 heteroatoms. The van der Waals surface area contributed by atoms with Crippen molar-refractivity contribution >= 4 is 5.91 Å². The van der Waals surface area contributed by atoms with Crippen molar-refractivity contribution in [2.45, 2.75) is 52.0 Å². The molecule has 0 bridgehead atoms. The summed E-state index contributed by atoms with van der Waals surface area (Å²) in [5, 5.41) is 7.11. The Bertz CT molecular complexity index is 713. The summed E-state index contributed by atoms with van der Waals surface area (Å²) < 4.78 is 10.9. The van der Waals surface area contributed by atoms with E-state index >= 15 is 0 Å². The summed E-state index contributed by atoms with van der Waals surface area (Å²) in [5.41, 5.74) is 1.51. The van der Waals surface area contributed by atoms with Gasteiger partial charge in [0, 0.05) is 6.92 Å². The topological polar surface area (TPSA) is 77.2 Å². The summed E-state index contributed by atoms with van der Waals surface area (Å²) in [4.78, 5) is 16.8. The van der Waals surface area contributed by atoms with Crippen LogP contribution in [-0.4, -0.2) is 22.7 Å². The summed E-state index contributed by atoms with van der Waals surface area (Å²) in [6, 6.07) is 5.92. The van der Waals surface area contributed by atoms with Gasteiger partial charge >= 0.3 is 0 Å². The molecule has 0 atom stereocenters. The number of benzene rings is 1. The zero-order valence-electron chi connectivity index (χ0n) is 14.4. The highest BCUT2D eigenvalue weighted by Crippen LogP contribution is 2.37. The highest BCUT2D eigenvalue weighted by molar-refractivity contribution is 5.78. The van der Waals surface area contributed by atoms with Crippen LogP contribution in [0.3, 0.4) is 0 Å². The Balaban J connectivity index is 1.69. The molecule has 1 aliphatic carbocycles. The van der Waals surface area contributed by atoms with E-state index in [1.54, 1.807) is 6.92 Å². The van der Waals surface area contributed by atoms with Crippen LogP contribution in [0.5, 0.6) is 5.75 Å². The molecule has 1 N–H and O–H groups in total. The normalized spacial score (nSPS) is 16.1. The minimum Gasteiger partial charge on any atom is -0.483 e. The maximum absolute atomic E-state index is 12.5. The number of carbonyl (C=O) groups is 1. The third-order valence-electron chi connectivity index (χ3n) is 4.55. The molecule has 128 valence electrons. The van der Waals surface area contributed by atoms with Crippen LogP contribution in [0, 0.1) is 20.8 Å². The fourth-order valence-corrected chi connectivity index (χ4v) is 3.34. The maximum atomic E-state index is 12.5. The van der Waals surface area contributed by atoms with Gasteiger partial charge in [0.05, 0.1) is 0 Å². The van der Waals surface area contributed by atoms with Gasteiger partial charge in [0.25, 0.3) is 5.91 Å². The predicted molar refractivity (Wildman–Crippen MR) is 88.7 cm³/mol. The highest BCUT2D eigenvalue weighted by atomic mass is 16.5. The lowest BCUT2D eigenvalue weighted by Gasteiger charge is -2.26. The zero-order chi connectivity index (χ0) is 17.2. The summed E-state index contributed by atoms with van der Waals surface area (Å²) in [6.45, 7) is 5.68. The molecule has 1 saturated carbocycles. The first-order valence-corrected chi connectivity index (χ1v) is 8.31. The Morgan fingerprint density at radius 1 is 1.25 bits per heavy atom. The summed E-state index contributed by atoms with van der Waals surface area (Å²) in [6.07, 6.45) is 3.71. The van der Waals surface area contributed by atoms with Crippen molar-refractivity contribution in [3.63, 3.8) is 0 Å². The summed E-state index contributed by atoms with van der Waals surface area (Å²) in [7, 11) is 0. The summed E-state index contributed by atoms with van der Waals surface area (Å²) >= 11 is 0. The van der Waals surface area contributed by atoms with Crippen molar-refractivity contribution in [2.24, 2.45) is 0 Å². The second kappa shape index (κ2) is 6.63. The van der Waals surface area contributed by atoms with E-state index in [4.69, 9.17) is 9.26 Å². The fourth-order valence-electron chi connectivity index (χ4n) is 3.34. The monoisotopic (exact) mass is 329 g/mol. The van der Waals surface area contributed by atoms with Crippen molar-refractivity contribution in [2.75, 3.05) is 6.61 Å². The van der Waals surface area contributed by atoms with E-state index in [-0.39, 0.29) is 12.5 Å². The third kappa shape index (κ3) is 3.27. The SMILES string of the molecule is Cc1nc(C2(NC(=O)COc3c(C)cccc3C)CCCC2)no1. The van der Waals surface area contributed by atoms with E-state index in [0.29, 0.717) is 11.7 Å². The molecule has 1 fully saturated rings. The summed E-state index contributed by atoms with van der Waals surface area (Å²) in [5.74, 6) is 1.68. The minimum absolute atomic E-state index is 0.0235. The minimum atomic E-state index is -0.529. The molecule has 3 rings (SSSR count). The maximum Gasteiger partial charge on any atom is 0.258 e. The van der Waals surface area contributed by atoms with E-state index in [1.807, 2.05) is 32.0 Å². The number of carbonyl (C=O) groups excluding carboxylic acids is 1. The lowest BCUT2D eigenvalue weighted by atomic mass is 9.96. The average molecular weight is 329 g/mol. The number of rotatable bonds is 5. The Labute approximate surface area is 141 Å². The molecular weight excluding hydrogens is 306 g/mol. The van der Waals surface area contributed by atoms with Gasteiger partial charge in [-0.25, -0.2) is 0 Å². The van der Waals surface area contributed by atoms with Crippen LogP contribution in [0.1, 0.15) is 48.5 Å². The van der Waals surface area contributed by atoms with Crippen molar-refractivity contribution in [1.82, 2.24) is 15.5 Å². The van der Waals surface area contributed by atoms with Crippen molar-refractivity contribution in [3.05, 3.63) is 41.0 Å². The van der Waals surface area contributed by atoms with Crippen molar-refractivity contribution in [1.29, 1.82) is 0 Å². The van der Waals surface area contributed by atoms with Gasteiger partial charge < -0.3 is 14.6 Å². The van der Waals surface area contributed by atoms with Crippen molar-refractivity contribution < 1.29 is 14.1 Å². The lowest BCUT2D eigenvalue weighted by Crippen LogP contribution is -2.46. The molecular formula is C18H23N3O3. The second-order valence-electron chi connectivity index (χ2n) is 6.48. The van der Waals surface area contributed by atoms with Crippen LogP contribution < -0.4 is 10.1 Å². The number of aromatic nitrogens is 2. The molecule has 1 aromatic carbocycles. The van der Waals surface area contributed by atoms with Gasteiger partial charge in [-0.2, -0.15) is 4.98 Å². The molecule has 1 heterocycles. The Morgan fingerprint density at radius 3 is 2.50 bits per heavy atom. The fraction of sp³-hybridized carbons (Fsp3) is 0.500. The first kappa shape index (κ1) is 16.5. The zero-order valence-corrected chi connectivity index (χ0v) is 14.4. The van der Waals surface area contributed by atoms with Gasteiger partial charge in [0.1, 0.15) is 11.3 Å². The van der Waals surface area contributed by atoms with Crippen LogP contribution in [0.2, 0.25) is 0 Å². The van der Waals surface area contributed by atoms with E-state index in [9.17, 15) is 4.79 Å². The Morgan fingerprint density at radius 2 is 1.92 bits per heavy atom. The molecule has 0 radical (unpaired) electrons. The lowest BCUT2D eigenvalue weighted by molar-refractivity contribution is -0.125. The highest BCUT2D eigenvalue weighted by Gasteiger charge is 2.41. The Hall–Kier alpha value is -2.37. The number of nitrogens with zero attached hydrogens (tertiary/aromatic N) is 2. The number of amides is 1. The van der Waals surface area contributed by atoms with Gasteiger partial charge in [-0.05, 0) is 37.8 Å². The smallest absolute Gasteiger partial charge is 0.258 e. The van der Waals surface area contributed by atoms with Gasteiger partial charge in [-0.15, -0.1) is 0 Å². The number of hydrogen-bond donors (Lipinski definition) is 1. The number of para-hydroxylation sites is 1. The molecule has 1 aromatic heterocycles. The molecule has 1 amide bonds. The Kier molecular flexibility index (Phi) is 4.55. The molecule has 6 nitrogen and oxygen atoms in total. The van der Waals surface area contributed by atoms with Crippen LogP contribution in [0.4, 0.5) is 0 Å². The number of ether oxygens (including phenoxy) is 1. The first-order chi connectivity index (χ1) is 11.5. The largest absolute Gasteiger partial charge is 0.483 e. The van der Waals surface area contributed by atoms with Crippen LogP contribution >= 0.6 is 0 Å². The van der Waals surface area contributed by atoms with E-state index in [0.717, 1.165) is 42.6 Å². The van der Waals surface area contributed by atoms with Gasteiger partial charge in [-0.1, -0.05) is 36.2 Å². The van der Waals surface area contributed by atoms with Crippen LogP contribution in [-0.2, 0) is 10.3 Å². The molecule has 2 aromatic rings. The third-order valence-corrected chi connectivity index (χ3v) is 4.55. The van der Waals surface area contributed by atoms with Crippen LogP contribution in [0.15, 0.2) is 22.7 Å². The molecule has 0 spiro atoms. The van der Waals surface area contributed by atoms with Crippen molar-refractivity contribution in [3.8, 4) is 5.75 Å². The number of aryl methyl sites for hydroxylation is 3. The number of hydrogen-bond acceptors (Lipinski definition) is 5. The molecule has 0 unspecified atom stereocenters. The standard InChI is InChI=1S/C18H23N3O3/c1-12-7-6-8-13(2)16(12)23-11-15(22)20-18(9-4-5-10-18)17-19-14(3)24-21-17/h6-8H,4-5,9-11H2,1-3H3,(H,20,22). The average Bonchev–Trinajstić information content (AvgIpc) is 3.17. The van der Waals surface area contributed by atoms with Gasteiger partial charge in [0.15, 0.2) is 12.4 Å². The van der Waals surface area contributed by atoms with E-state index < -0.39 is 5.54 Å². The van der Waals surface area contributed by atoms with E-state index in [1.165, 1.54) is 0 Å². The quantitative estimate of drug-likeness (QED) is 0.912. The molecule has 0 saturated heterocycles. The predicted octanol–water partition coefficient (Wildman–Crippen LogP) is 2.96. The first-order valence-electron chi connectivity index (χ1n) is 8.31. The van der Waals surface area contributed by atoms with Gasteiger partial charge in [-0.3, -0.25) is 4.79 Å². The van der Waals surface area contributed by atoms with Gasteiger partial charge in [0.2, 0.25) is 5.89 Å².